The summed E-state index contributed by atoms with van der Waals surface area (Å²) in [6, 6.07) is 15.4. The van der Waals surface area contributed by atoms with Crippen LogP contribution in [0.15, 0.2) is 42.5 Å². The molecular weight excluding hydrogens is 531 g/mol. The van der Waals surface area contributed by atoms with Crippen LogP contribution in [-0.4, -0.2) is 0 Å². The lowest BCUT2D eigenvalue weighted by Crippen LogP contribution is -1.97. The van der Waals surface area contributed by atoms with Crippen LogP contribution < -0.4 is 9.05 Å². The summed E-state index contributed by atoms with van der Waals surface area (Å²) < 4.78 is 12.1. The fourth-order valence-corrected chi connectivity index (χ4v) is 6.31. The minimum atomic E-state index is -0.0203. The molecule has 0 fully saturated rings. The van der Waals surface area contributed by atoms with Crippen molar-refractivity contribution in [3.8, 4) is 11.5 Å². The molecule has 0 amide bonds. The van der Waals surface area contributed by atoms with Gasteiger partial charge in [0.05, 0.1) is 0 Å². The predicted molar refractivity (Wildman–Crippen MR) is 188 cm³/mol. The van der Waals surface area contributed by atoms with Crippen LogP contribution in [0, 0.1) is 0 Å². The van der Waals surface area contributed by atoms with Crippen LogP contribution in [0.1, 0.15) is 172 Å². The van der Waals surface area contributed by atoms with Gasteiger partial charge in [-0.2, -0.15) is 0 Å². The molecule has 2 aromatic carbocycles. The van der Waals surface area contributed by atoms with Crippen molar-refractivity contribution < 1.29 is 9.05 Å². The van der Waals surface area contributed by atoms with Gasteiger partial charge in [-0.25, -0.2) is 0 Å². The van der Waals surface area contributed by atoms with Crippen LogP contribution >= 0.6 is 9.03 Å². The minimum absolute atomic E-state index is 0.0203. The third kappa shape index (κ3) is 18.2. The first-order valence-corrected chi connectivity index (χ1v) is 18.9. The van der Waals surface area contributed by atoms with Gasteiger partial charge >= 0.3 is 0 Å². The molecule has 2 nitrogen and oxygen atoms in total. The van der Waals surface area contributed by atoms with Crippen molar-refractivity contribution in [1.82, 2.24) is 0 Å². The van der Waals surface area contributed by atoms with E-state index in [9.17, 15) is 0 Å². The lowest BCUT2D eigenvalue weighted by molar-refractivity contribution is 0.514. The van der Waals surface area contributed by atoms with Gasteiger partial charge in [0, 0.05) is 0 Å². The van der Waals surface area contributed by atoms with E-state index < -0.39 is 0 Å². The van der Waals surface area contributed by atoms with Gasteiger partial charge in [0.1, 0.15) is 11.5 Å². The van der Waals surface area contributed by atoms with Crippen LogP contribution in [-0.2, 0) is 19.3 Å². The maximum atomic E-state index is 6.11. The lowest BCUT2D eigenvalue weighted by Gasteiger charge is -2.13. The SMILES string of the molecule is CCCCCCCCCc1ccc(OPOc2ccc(CCCCCCCCC)c(CCCCCCCCC)c2)cc1. The molecule has 0 N–H and O–H groups in total. The van der Waals surface area contributed by atoms with Gasteiger partial charge in [0.15, 0.2) is 0 Å². The Morgan fingerprint density at radius 2 is 0.810 bits per heavy atom. The van der Waals surface area contributed by atoms with E-state index in [2.05, 4.69) is 63.2 Å². The number of aryl methyl sites for hydroxylation is 3. The Labute approximate surface area is 263 Å². The van der Waals surface area contributed by atoms with E-state index in [0.29, 0.717) is 0 Å². The van der Waals surface area contributed by atoms with Crippen LogP contribution in [0.2, 0.25) is 0 Å². The Morgan fingerprint density at radius 3 is 1.33 bits per heavy atom. The van der Waals surface area contributed by atoms with Crippen molar-refractivity contribution in [2.24, 2.45) is 0 Å². The van der Waals surface area contributed by atoms with Gasteiger partial charge in [0.25, 0.3) is 9.03 Å². The molecule has 0 saturated heterocycles. The van der Waals surface area contributed by atoms with Crippen LogP contribution in [0.4, 0.5) is 0 Å². The number of rotatable bonds is 28. The van der Waals surface area contributed by atoms with Crippen LogP contribution in [0.5, 0.6) is 11.5 Å². The first kappa shape index (κ1) is 36.7. The standard InChI is InChI=1S/C39H65O2P/c1-4-7-10-13-16-19-22-25-35-28-31-38(32-29-35)40-42-41-39-33-30-36(26-23-20-17-14-11-8-5-2)37(34-39)27-24-21-18-15-12-9-6-3/h28-34,42H,4-27H2,1-3H3. The Hall–Kier alpha value is -1.53. The van der Waals surface area contributed by atoms with Crippen molar-refractivity contribution in [2.45, 2.75) is 175 Å². The topological polar surface area (TPSA) is 18.5 Å². The van der Waals surface area contributed by atoms with Crippen molar-refractivity contribution in [1.29, 1.82) is 0 Å². The fourth-order valence-electron chi connectivity index (χ4n) is 5.81. The predicted octanol–water partition coefficient (Wildman–Crippen LogP) is 13.5. The summed E-state index contributed by atoms with van der Waals surface area (Å²) in [6.07, 6.45) is 32.1. The Kier molecular flexibility index (Phi) is 22.6. The quantitative estimate of drug-likeness (QED) is 0.0718. The summed E-state index contributed by atoms with van der Waals surface area (Å²) in [5.41, 5.74) is 4.43. The highest BCUT2D eigenvalue weighted by Gasteiger charge is 2.07. The van der Waals surface area contributed by atoms with E-state index in [0.717, 1.165) is 11.5 Å². The average molecular weight is 597 g/mol. The molecule has 42 heavy (non-hydrogen) atoms. The third-order valence-electron chi connectivity index (χ3n) is 8.59. The first-order valence-electron chi connectivity index (χ1n) is 18.1. The minimum Gasteiger partial charge on any atom is -0.441 e. The van der Waals surface area contributed by atoms with E-state index in [1.807, 2.05) is 0 Å². The molecule has 2 rings (SSSR count). The van der Waals surface area contributed by atoms with E-state index in [-0.39, 0.29) is 9.03 Å². The number of unbranched alkanes of at least 4 members (excludes halogenated alkanes) is 18. The third-order valence-corrected chi connectivity index (χ3v) is 9.23. The highest BCUT2D eigenvalue weighted by atomic mass is 31.1. The first-order chi connectivity index (χ1) is 20.8. The maximum absolute atomic E-state index is 6.11. The van der Waals surface area contributed by atoms with E-state index >= 15 is 0 Å². The normalized spacial score (nSPS) is 11.5. The fraction of sp³-hybridized carbons (Fsp3) is 0.692. The molecule has 0 aliphatic carbocycles. The van der Waals surface area contributed by atoms with Gasteiger partial charge in [-0.15, -0.1) is 0 Å². The summed E-state index contributed by atoms with van der Waals surface area (Å²) in [5.74, 6) is 1.85. The van der Waals surface area contributed by atoms with Crippen molar-refractivity contribution in [3.63, 3.8) is 0 Å². The second kappa shape index (κ2) is 25.9. The van der Waals surface area contributed by atoms with Crippen molar-refractivity contribution in [2.75, 3.05) is 0 Å². The molecule has 2 aromatic rings. The van der Waals surface area contributed by atoms with E-state index in [1.165, 1.54) is 171 Å². The molecule has 3 heteroatoms. The molecule has 238 valence electrons. The van der Waals surface area contributed by atoms with Gasteiger partial charge in [-0.3, -0.25) is 0 Å². The second-order valence-electron chi connectivity index (χ2n) is 12.5. The van der Waals surface area contributed by atoms with Crippen molar-refractivity contribution in [3.05, 3.63) is 59.2 Å². The van der Waals surface area contributed by atoms with Gasteiger partial charge in [-0.1, -0.05) is 155 Å². The molecule has 0 aromatic heterocycles. The molecule has 0 aliphatic rings. The molecule has 0 heterocycles. The average Bonchev–Trinajstić information content (AvgIpc) is 3.01. The Balaban J connectivity index is 1.77. The summed E-state index contributed by atoms with van der Waals surface area (Å²) in [4.78, 5) is 0. The Morgan fingerprint density at radius 1 is 0.405 bits per heavy atom. The summed E-state index contributed by atoms with van der Waals surface area (Å²) in [5, 5.41) is 0. The Bertz CT molecular complexity index is 878. The highest BCUT2D eigenvalue weighted by molar-refractivity contribution is 7.27. The smallest absolute Gasteiger partial charge is 0.275 e. The zero-order chi connectivity index (χ0) is 29.9. The number of benzene rings is 2. The summed E-state index contributed by atoms with van der Waals surface area (Å²) in [7, 11) is -0.0203. The molecule has 1 unspecified atom stereocenters. The summed E-state index contributed by atoms with van der Waals surface area (Å²) in [6.45, 7) is 6.87. The zero-order valence-corrected chi connectivity index (χ0v) is 28.8. The molecule has 1 atom stereocenters. The molecule has 0 spiro atoms. The van der Waals surface area contributed by atoms with Gasteiger partial charge in [0.2, 0.25) is 0 Å². The van der Waals surface area contributed by atoms with E-state index in [4.69, 9.17) is 9.05 Å². The second-order valence-corrected chi connectivity index (χ2v) is 13.1. The highest BCUT2D eigenvalue weighted by Crippen LogP contribution is 2.29. The van der Waals surface area contributed by atoms with Crippen LogP contribution in [0.3, 0.4) is 0 Å². The van der Waals surface area contributed by atoms with Gasteiger partial charge in [-0.05, 0) is 79.5 Å². The molecule has 0 saturated carbocycles. The molecule has 0 bridgehead atoms. The molecular formula is C39H65O2P. The zero-order valence-electron chi connectivity index (χ0n) is 27.8. The summed E-state index contributed by atoms with van der Waals surface area (Å²) >= 11 is 0. The lowest BCUT2D eigenvalue weighted by atomic mass is 9.96. The van der Waals surface area contributed by atoms with Crippen molar-refractivity contribution >= 4 is 9.03 Å². The largest absolute Gasteiger partial charge is 0.441 e. The molecule has 0 radical (unpaired) electrons. The number of hydrogen-bond acceptors (Lipinski definition) is 2. The van der Waals surface area contributed by atoms with Gasteiger partial charge < -0.3 is 9.05 Å². The number of hydrogen-bond donors (Lipinski definition) is 0. The molecule has 0 aliphatic heterocycles. The van der Waals surface area contributed by atoms with E-state index in [1.54, 1.807) is 0 Å². The van der Waals surface area contributed by atoms with Crippen LogP contribution in [0.25, 0.3) is 0 Å². The maximum Gasteiger partial charge on any atom is 0.275 e. The monoisotopic (exact) mass is 596 g/mol.